The average Bonchev–Trinajstić information content (AvgIpc) is 3.10. The monoisotopic (exact) mass is 326 g/mol. The topological polar surface area (TPSA) is 41.9 Å². The summed E-state index contributed by atoms with van der Waals surface area (Å²) >= 11 is 1.60. The first kappa shape index (κ1) is 15.6. The van der Waals surface area contributed by atoms with E-state index in [0.717, 1.165) is 16.5 Å². The summed E-state index contributed by atoms with van der Waals surface area (Å²) in [5.41, 5.74) is 12.1. The van der Waals surface area contributed by atoms with Crippen molar-refractivity contribution in [2.45, 2.75) is 33.7 Å². The van der Waals surface area contributed by atoms with Gasteiger partial charge in [0.2, 0.25) is 5.13 Å². The molecule has 0 aliphatic heterocycles. The summed E-state index contributed by atoms with van der Waals surface area (Å²) in [6, 6.07) is 12.7. The Morgan fingerprint density at radius 2 is 1.83 bits per heavy atom. The summed E-state index contributed by atoms with van der Waals surface area (Å²) in [6.45, 7) is 8.74. The van der Waals surface area contributed by atoms with Crippen LogP contribution in [0.4, 0.5) is 10.8 Å². The lowest BCUT2D eigenvalue weighted by Crippen LogP contribution is -2.07. The molecule has 0 radical (unpaired) electrons. The van der Waals surface area contributed by atoms with E-state index in [9.17, 15) is 0 Å². The van der Waals surface area contributed by atoms with Crippen molar-refractivity contribution in [3.05, 3.63) is 53.2 Å². The molecule has 3 rings (SSSR count). The van der Waals surface area contributed by atoms with Crippen LogP contribution in [0.15, 0.2) is 41.8 Å². The van der Waals surface area contributed by atoms with E-state index in [1.807, 2.05) is 30.3 Å². The Labute approximate surface area is 141 Å². The molecule has 0 bridgehead atoms. The van der Waals surface area contributed by atoms with E-state index in [-0.39, 0.29) is 0 Å². The Morgan fingerprint density at radius 3 is 2.48 bits per heavy atom. The van der Waals surface area contributed by atoms with Crippen molar-refractivity contribution in [1.29, 1.82) is 0 Å². The standard InChI is InChI=1S/C18H22N4S/c1-12(2)22-13(3)10-16(14(22)4)17-11-23-18(19-17)21-20-15-8-6-5-7-9-15/h5-12,20H,1-4H3,(H,19,21). The predicted molar refractivity (Wildman–Crippen MR) is 99.1 cm³/mol. The van der Waals surface area contributed by atoms with Crippen molar-refractivity contribution < 1.29 is 0 Å². The molecule has 2 N–H and O–H groups in total. The number of hydrazine groups is 1. The second-order valence-corrected chi connectivity index (χ2v) is 6.76. The molecule has 0 saturated carbocycles. The Hall–Kier alpha value is -2.27. The van der Waals surface area contributed by atoms with Gasteiger partial charge in [0, 0.05) is 28.4 Å². The molecule has 0 unspecified atom stereocenters. The number of thiazole rings is 1. The largest absolute Gasteiger partial charge is 0.346 e. The number of anilines is 2. The van der Waals surface area contributed by atoms with Crippen LogP contribution in [0.3, 0.4) is 0 Å². The lowest BCUT2D eigenvalue weighted by Gasteiger charge is -2.13. The van der Waals surface area contributed by atoms with E-state index in [2.05, 4.69) is 54.6 Å². The van der Waals surface area contributed by atoms with Gasteiger partial charge in [0.05, 0.1) is 11.4 Å². The van der Waals surface area contributed by atoms with Crippen LogP contribution in [-0.2, 0) is 0 Å². The number of nitrogens with one attached hydrogen (secondary N) is 2. The zero-order chi connectivity index (χ0) is 16.4. The number of aryl methyl sites for hydroxylation is 1. The molecule has 0 fully saturated rings. The highest BCUT2D eigenvalue weighted by atomic mass is 32.1. The van der Waals surface area contributed by atoms with Gasteiger partial charge in [0.25, 0.3) is 0 Å². The molecule has 120 valence electrons. The van der Waals surface area contributed by atoms with Gasteiger partial charge in [-0.2, -0.15) is 0 Å². The number of benzene rings is 1. The van der Waals surface area contributed by atoms with Gasteiger partial charge >= 0.3 is 0 Å². The predicted octanol–water partition coefficient (Wildman–Crippen LogP) is 5.25. The third kappa shape index (κ3) is 3.24. The highest BCUT2D eigenvalue weighted by molar-refractivity contribution is 7.14. The van der Waals surface area contributed by atoms with Gasteiger partial charge in [-0.15, -0.1) is 11.3 Å². The minimum absolute atomic E-state index is 0.458. The molecule has 0 aliphatic rings. The Kier molecular flexibility index (Phi) is 4.39. The first-order valence-electron chi connectivity index (χ1n) is 7.77. The van der Waals surface area contributed by atoms with E-state index in [1.165, 1.54) is 17.0 Å². The highest BCUT2D eigenvalue weighted by Crippen LogP contribution is 2.31. The van der Waals surface area contributed by atoms with Crippen LogP contribution in [0.2, 0.25) is 0 Å². The van der Waals surface area contributed by atoms with Crippen molar-refractivity contribution >= 4 is 22.2 Å². The molecule has 0 spiro atoms. The fourth-order valence-corrected chi connectivity index (χ4v) is 3.60. The molecule has 0 amide bonds. The lowest BCUT2D eigenvalue weighted by atomic mass is 10.2. The zero-order valence-corrected chi connectivity index (χ0v) is 14.7. The van der Waals surface area contributed by atoms with Gasteiger partial charge in [0.15, 0.2) is 0 Å². The van der Waals surface area contributed by atoms with Gasteiger partial charge in [0.1, 0.15) is 0 Å². The van der Waals surface area contributed by atoms with Crippen molar-refractivity contribution in [2.24, 2.45) is 0 Å². The van der Waals surface area contributed by atoms with Gasteiger partial charge < -0.3 is 4.57 Å². The van der Waals surface area contributed by atoms with Crippen LogP contribution in [0, 0.1) is 13.8 Å². The molecule has 5 heteroatoms. The summed E-state index contributed by atoms with van der Waals surface area (Å²) in [7, 11) is 0. The maximum Gasteiger partial charge on any atom is 0.202 e. The first-order valence-corrected chi connectivity index (χ1v) is 8.65. The third-order valence-electron chi connectivity index (χ3n) is 3.87. The van der Waals surface area contributed by atoms with Crippen LogP contribution < -0.4 is 10.9 Å². The molecule has 23 heavy (non-hydrogen) atoms. The second-order valence-electron chi connectivity index (χ2n) is 5.90. The van der Waals surface area contributed by atoms with Crippen LogP contribution in [0.5, 0.6) is 0 Å². The van der Waals surface area contributed by atoms with E-state index in [0.29, 0.717) is 6.04 Å². The number of nitrogens with zero attached hydrogens (tertiary/aromatic N) is 2. The highest BCUT2D eigenvalue weighted by Gasteiger charge is 2.15. The number of para-hydroxylation sites is 1. The minimum atomic E-state index is 0.458. The molecule has 3 aromatic rings. The molecule has 2 heterocycles. The summed E-state index contributed by atoms with van der Waals surface area (Å²) in [5, 5.41) is 2.96. The number of hydrogen-bond donors (Lipinski definition) is 2. The fraction of sp³-hybridized carbons (Fsp3) is 0.278. The summed E-state index contributed by atoms with van der Waals surface area (Å²) in [6.07, 6.45) is 0. The fourth-order valence-electron chi connectivity index (χ4n) is 2.93. The quantitative estimate of drug-likeness (QED) is 0.629. The van der Waals surface area contributed by atoms with E-state index < -0.39 is 0 Å². The number of hydrogen-bond acceptors (Lipinski definition) is 4. The normalized spacial score (nSPS) is 11.0. The minimum Gasteiger partial charge on any atom is -0.346 e. The second kappa shape index (κ2) is 6.46. The summed E-state index contributed by atoms with van der Waals surface area (Å²) in [5.74, 6) is 0. The molecule has 0 aliphatic carbocycles. The van der Waals surface area contributed by atoms with E-state index >= 15 is 0 Å². The Balaban J connectivity index is 1.78. The van der Waals surface area contributed by atoms with Crippen molar-refractivity contribution in [3.8, 4) is 11.3 Å². The van der Waals surface area contributed by atoms with Crippen LogP contribution in [-0.4, -0.2) is 9.55 Å². The maximum absolute atomic E-state index is 4.70. The number of rotatable bonds is 5. The Bertz CT molecular complexity index is 787. The Morgan fingerprint density at radius 1 is 1.09 bits per heavy atom. The molecular weight excluding hydrogens is 304 g/mol. The smallest absolute Gasteiger partial charge is 0.202 e. The van der Waals surface area contributed by atoms with Crippen LogP contribution in [0.25, 0.3) is 11.3 Å². The lowest BCUT2D eigenvalue weighted by molar-refractivity contribution is 0.575. The molecule has 0 atom stereocenters. The average molecular weight is 326 g/mol. The van der Waals surface area contributed by atoms with Gasteiger partial charge in [-0.3, -0.25) is 10.9 Å². The zero-order valence-electron chi connectivity index (χ0n) is 13.9. The molecule has 1 aromatic carbocycles. The summed E-state index contributed by atoms with van der Waals surface area (Å²) < 4.78 is 2.35. The van der Waals surface area contributed by atoms with Crippen LogP contribution >= 0.6 is 11.3 Å². The van der Waals surface area contributed by atoms with Crippen LogP contribution in [0.1, 0.15) is 31.3 Å². The van der Waals surface area contributed by atoms with Crippen molar-refractivity contribution in [2.75, 3.05) is 10.9 Å². The number of aromatic nitrogens is 2. The summed E-state index contributed by atoms with van der Waals surface area (Å²) in [4.78, 5) is 4.70. The molecule has 0 saturated heterocycles. The van der Waals surface area contributed by atoms with E-state index in [4.69, 9.17) is 4.98 Å². The molecule has 2 aromatic heterocycles. The van der Waals surface area contributed by atoms with Crippen molar-refractivity contribution in [1.82, 2.24) is 9.55 Å². The SMILES string of the molecule is Cc1cc(-c2csc(NNc3ccccc3)n2)c(C)n1C(C)C. The van der Waals surface area contributed by atoms with Gasteiger partial charge in [-0.05, 0) is 45.9 Å². The maximum atomic E-state index is 4.70. The van der Waals surface area contributed by atoms with Gasteiger partial charge in [-0.1, -0.05) is 18.2 Å². The van der Waals surface area contributed by atoms with Crippen molar-refractivity contribution in [3.63, 3.8) is 0 Å². The molecular formula is C18H22N4S. The molecule has 4 nitrogen and oxygen atoms in total. The third-order valence-corrected chi connectivity index (χ3v) is 4.63. The van der Waals surface area contributed by atoms with Gasteiger partial charge in [-0.25, -0.2) is 4.98 Å². The first-order chi connectivity index (χ1) is 11.1. The van der Waals surface area contributed by atoms with E-state index in [1.54, 1.807) is 11.3 Å².